The van der Waals surface area contributed by atoms with Crippen LogP contribution in [0.25, 0.3) is 22.6 Å². The second-order valence-corrected chi connectivity index (χ2v) is 3.32. The highest BCUT2D eigenvalue weighted by molar-refractivity contribution is 5.87. The van der Waals surface area contributed by atoms with Crippen molar-refractivity contribution in [1.82, 2.24) is 28.7 Å². The smallest absolute Gasteiger partial charge is 0.221 e. The van der Waals surface area contributed by atoms with Crippen molar-refractivity contribution < 1.29 is 0 Å². The van der Waals surface area contributed by atoms with Crippen molar-refractivity contribution in [3.63, 3.8) is 0 Å². The van der Waals surface area contributed by atoms with Gasteiger partial charge in [0.2, 0.25) is 5.78 Å². The molecule has 72 valence electrons. The van der Waals surface area contributed by atoms with Gasteiger partial charge in [-0.05, 0) is 0 Å². The third-order valence-electron chi connectivity index (χ3n) is 2.55. The van der Waals surface area contributed by atoms with Gasteiger partial charge in [-0.2, -0.15) is 0 Å². The average Bonchev–Trinajstić information content (AvgIpc) is 2.97. The van der Waals surface area contributed by atoms with E-state index in [9.17, 15) is 0 Å². The zero-order valence-electron chi connectivity index (χ0n) is 7.62. The lowest BCUT2D eigenvalue weighted by molar-refractivity contribution is 1.09. The number of fused-ring (bicyclic) bond motifs is 6. The van der Waals surface area contributed by atoms with E-state index in [4.69, 9.17) is 0 Å². The molecule has 4 aromatic heterocycles. The number of aromatic amines is 1. The molecule has 1 N–H and O–H groups in total. The Bertz CT molecular complexity index is 579. The number of imidazole rings is 3. The number of nitrogens with zero attached hydrogens (tertiary/aromatic N) is 5. The molecule has 0 aliphatic rings. The van der Waals surface area contributed by atoms with E-state index in [2.05, 4.69) is 19.9 Å². The van der Waals surface area contributed by atoms with Gasteiger partial charge in [0.25, 0.3) is 0 Å². The molecule has 0 aliphatic heterocycles. The van der Waals surface area contributed by atoms with Crippen molar-refractivity contribution in [2.24, 2.45) is 0 Å². The SMILES string of the molecule is c1cn2c(n1)c1[nH]cnc1n1ccnc21. The van der Waals surface area contributed by atoms with Gasteiger partial charge in [0.05, 0.1) is 6.33 Å². The molecule has 4 aromatic rings. The fourth-order valence-corrected chi connectivity index (χ4v) is 1.92. The molecule has 0 unspecified atom stereocenters. The van der Waals surface area contributed by atoms with Crippen LogP contribution in [0.5, 0.6) is 0 Å². The summed E-state index contributed by atoms with van der Waals surface area (Å²) in [5.41, 5.74) is 2.62. The van der Waals surface area contributed by atoms with Crippen molar-refractivity contribution in [2.75, 3.05) is 0 Å². The van der Waals surface area contributed by atoms with E-state index in [1.807, 2.05) is 21.2 Å². The van der Waals surface area contributed by atoms with E-state index in [0.29, 0.717) is 0 Å². The fourth-order valence-electron chi connectivity index (χ4n) is 1.92. The number of H-pyrrole nitrogens is 1. The summed E-state index contributed by atoms with van der Waals surface area (Å²) in [5, 5.41) is 0. The van der Waals surface area contributed by atoms with Crippen LogP contribution in [0.2, 0.25) is 0 Å². The second-order valence-electron chi connectivity index (χ2n) is 3.32. The van der Waals surface area contributed by atoms with E-state index in [1.54, 1.807) is 18.7 Å². The van der Waals surface area contributed by atoms with Gasteiger partial charge in [-0.1, -0.05) is 0 Å². The molecule has 0 amide bonds. The van der Waals surface area contributed by atoms with Crippen LogP contribution in [-0.4, -0.2) is 28.7 Å². The third-order valence-corrected chi connectivity index (χ3v) is 2.55. The van der Waals surface area contributed by atoms with Gasteiger partial charge in [-0.25, -0.2) is 15.0 Å². The minimum Gasteiger partial charge on any atom is -0.340 e. The van der Waals surface area contributed by atoms with Gasteiger partial charge < -0.3 is 4.98 Å². The topological polar surface area (TPSA) is 63.3 Å². The monoisotopic (exact) mass is 198 g/mol. The second kappa shape index (κ2) is 2.17. The number of hydrogen-bond donors (Lipinski definition) is 1. The van der Waals surface area contributed by atoms with Crippen molar-refractivity contribution in [3.8, 4) is 0 Å². The summed E-state index contributed by atoms with van der Waals surface area (Å²) < 4.78 is 3.86. The lowest BCUT2D eigenvalue weighted by Crippen LogP contribution is -1.96. The first-order chi connectivity index (χ1) is 7.45. The van der Waals surface area contributed by atoms with E-state index >= 15 is 0 Å². The molecule has 0 fully saturated rings. The molecule has 4 heterocycles. The van der Waals surface area contributed by atoms with Gasteiger partial charge in [-0.15, -0.1) is 0 Å². The first kappa shape index (κ1) is 6.99. The van der Waals surface area contributed by atoms with Crippen LogP contribution < -0.4 is 0 Å². The maximum Gasteiger partial charge on any atom is 0.221 e. The summed E-state index contributed by atoms with van der Waals surface area (Å²) in [5.74, 6) is 0.821. The Balaban J connectivity index is 2.56. The first-order valence-corrected chi connectivity index (χ1v) is 4.56. The van der Waals surface area contributed by atoms with Crippen LogP contribution in [0.15, 0.2) is 31.1 Å². The molecule has 0 spiro atoms. The highest BCUT2D eigenvalue weighted by Gasteiger charge is 2.10. The van der Waals surface area contributed by atoms with E-state index in [1.165, 1.54) is 0 Å². The number of hydrogen-bond acceptors (Lipinski definition) is 3. The number of aromatic nitrogens is 6. The quantitative estimate of drug-likeness (QED) is 0.455. The van der Waals surface area contributed by atoms with Crippen LogP contribution in [0, 0.1) is 0 Å². The third kappa shape index (κ3) is 0.687. The van der Waals surface area contributed by atoms with Crippen LogP contribution in [0.3, 0.4) is 0 Å². The van der Waals surface area contributed by atoms with Crippen molar-refractivity contribution in [3.05, 3.63) is 31.1 Å². The maximum absolute atomic E-state index is 4.29. The Morgan fingerprint density at radius 1 is 0.933 bits per heavy atom. The van der Waals surface area contributed by atoms with Gasteiger partial charge in [0.15, 0.2) is 11.3 Å². The molecule has 0 saturated carbocycles. The number of nitrogens with one attached hydrogen (secondary N) is 1. The molecular formula is C9H6N6. The van der Waals surface area contributed by atoms with Crippen LogP contribution in [-0.2, 0) is 0 Å². The largest absolute Gasteiger partial charge is 0.340 e. The minimum absolute atomic E-state index is 0.821. The lowest BCUT2D eigenvalue weighted by Gasteiger charge is -1.99. The molecule has 0 bridgehead atoms. The highest BCUT2D eigenvalue weighted by atomic mass is 15.2. The van der Waals surface area contributed by atoms with Crippen LogP contribution in [0.1, 0.15) is 0 Å². The van der Waals surface area contributed by atoms with E-state index in [0.717, 1.165) is 22.6 Å². The first-order valence-electron chi connectivity index (χ1n) is 4.56. The summed E-state index contributed by atoms with van der Waals surface area (Å²) in [6, 6.07) is 0. The zero-order chi connectivity index (χ0) is 9.83. The summed E-state index contributed by atoms with van der Waals surface area (Å²) in [6.07, 6.45) is 8.95. The number of rotatable bonds is 0. The predicted molar refractivity (Wildman–Crippen MR) is 53.6 cm³/mol. The Hall–Kier alpha value is -2.37. The molecule has 6 heteroatoms. The van der Waals surface area contributed by atoms with Crippen molar-refractivity contribution in [1.29, 1.82) is 0 Å². The molecule has 0 radical (unpaired) electrons. The van der Waals surface area contributed by atoms with Crippen LogP contribution in [0.4, 0.5) is 0 Å². The standard InChI is InChI=1S/C9H6N6/c1-3-14-7(10-1)6-8(13-5-12-6)15-4-2-11-9(14)15/h1-5H,(H,12,13). The maximum atomic E-state index is 4.29. The molecule has 0 aliphatic carbocycles. The Morgan fingerprint density at radius 2 is 1.67 bits per heavy atom. The Morgan fingerprint density at radius 3 is 2.53 bits per heavy atom. The molecular weight excluding hydrogens is 192 g/mol. The molecule has 15 heavy (non-hydrogen) atoms. The molecule has 0 atom stereocenters. The zero-order valence-corrected chi connectivity index (χ0v) is 7.62. The molecule has 4 rings (SSSR count). The predicted octanol–water partition coefficient (Wildman–Crippen LogP) is 0.858. The average molecular weight is 198 g/mol. The summed E-state index contributed by atoms with van der Waals surface area (Å²) in [4.78, 5) is 15.9. The minimum atomic E-state index is 0.821. The summed E-state index contributed by atoms with van der Waals surface area (Å²) >= 11 is 0. The van der Waals surface area contributed by atoms with Gasteiger partial charge in [0, 0.05) is 24.8 Å². The molecule has 0 saturated heterocycles. The highest BCUT2D eigenvalue weighted by Crippen LogP contribution is 2.17. The van der Waals surface area contributed by atoms with E-state index in [-0.39, 0.29) is 0 Å². The molecule has 0 aromatic carbocycles. The normalized spacial score (nSPS) is 12.0. The van der Waals surface area contributed by atoms with Crippen molar-refractivity contribution >= 4 is 22.6 Å². The molecule has 6 nitrogen and oxygen atoms in total. The Kier molecular flexibility index (Phi) is 1.01. The Labute approximate surface area is 83.2 Å². The lowest BCUT2D eigenvalue weighted by atomic mass is 10.5. The van der Waals surface area contributed by atoms with E-state index < -0.39 is 0 Å². The van der Waals surface area contributed by atoms with Gasteiger partial charge in [0.1, 0.15) is 5.52 Å². The van der Waals surface area contributed by atoms with Gasteiger partial charge >= 0.3 is 0 Å². The van der Waals surface area contributed by atoms with Crippen LogP contribution >= 0.6 is 0 Å². The summed E-state index contributed by atoms with van der Waals surface area (Å²) in [7, 11) is 0. The van der Waals surface area contributed by atoms with Crippen molar-refractivity contribution in [2.45, 2.75) is 0 Å². The summed E-state index contributed by atoms with van der Waals surface area (Å²) in [6.45, 7) is 0. The fraction of sp³-hybridized carbons (Fsp3) is 0. The van der Waals surface area contributed by atoms with Gasteiger partial charge in [-0.3, -0.25) is 8.80 Å².